The van der Waals surface area contributed by atoms with Crippen LogP contribution in [-0.2, 0) is 11.3 Å². The normalized spacial score (nSPS) is 22.3. The molecule has 0 aromatic carbocycles. The number of nitrogens with zero attached hydrogens (tertiary/aromatic N) is 5. The van der Waals surface area contributed by atoms with E-state index in [4.69, 9.17) is 11.1 Å². The van der Waals surface area contributed by atoms with Crippen molar-refractivity contribution in [1.29, 1.82) is 5.26 Å². The number of hydrogen-bond donors (Lipinski definition) is 1. The molecule has 0 bridgehead atoms. The maximum Gasteiger partial charge on any atom is 0.239 e. The third-order valence-electron chi connectivity index (χ3n) is 4.82. The van der Waals surface area contributed by atoms with Gasteiger partial charge in [0.1, 0.15) is 6.04 Å². The average Bonchev–Trinajstić information content (AvgIpc) is 3.12. The van der Waals surface area contributed by atoms with E-state index >= 15 is 0 Å². The highest BCUT2D eigenvalue weighted by Gasteiger charge is 2.31. The fraction of sp³-hybridized carbons (Fsp3) is 0.588. The molecule has 1 aromatic heterocycles. The summed E-state index contributed by atoms with van der Waals surface area (Å²) in [6, 6.07) is 6.14. The van der Waals surface area contributed by atoms with Crippen molar-refractivity contribution in [2.24, 2.45) is 5.84 Å². The van der Waals surface area contributed by atoms with Gasteiger partial charge in [-0.1, -0.05) is 6.07 Å². The maximum atomic E-state index is 12.4. The van der Waals surface area contributed by atoms with E-state index in [1.165, 1.54) is 5.56 Å². The molecule has 25 heavy (non-hydrogen) atoms. The maximum absolute atomic E-state index is 12.4. The number of pyridine rings is 1. The third kappa shape index (κ3) is 4.70. The highest BCUT2D eigenvalue weighted by atomic mass is 32.2. The third-order valence-corrected chi connectivity index (χ3v) is 5.84. The summed E-state index contributed by atoms with van der Waals surface area (Å²) in [6.07, 6.45) is 5.58. The van der Waals surface area contributed by atoms with E-state index in [0.717, 1.165) is 32.5 Å². The zero-order valence-corrected chi connectivity index (χ0v) is 15.1. The molecule has 8 heteroatoms. The molecule has 3 heterocycles. The number of carbonyl (C=O) groups excluding carboxylic acids is 1. The number of hydrazine groups is 1. The quantitative estimate of drug-likeness (QED) is 0.609. The first-order valence-electron chi connectivity index (χ1n) is 8.57. The van der Waals surface area contributed by atoms with Crippen LogP contribution in [0.2, 0.25) is 0 Å². The van der Waals surface area contributed by atoms with Crippen LogP contribution in [0.5, 0.6) is 0 Å². The molecule has 134 valence electrons. The number of aromatic nitrogens is 1. The summed E-state index contributed by atoms with van der Waals surface area (Å²) in [5, 5.41) is 10.8. The van der Waals surface area contributed by atoms with Gasteiger partial charge in [-0.05, 0) is 24.5 Å². The standard InChI is InChI=1S/C17H24N6OS/c18-8-16-12-25-13-22(16)17(24)11-23(19)15-3-6-21(7-4-15)10-14-2-1-5-20-9-14/h1-2,5,9,15-16H,3-4,6-7,10-13,19H2/t16-/m1/s1. The molecule has 2 fully saturated rings. The topological polar surface area (TPSA) is 89.5 Å². The van der Waals surface area contributed by atoms with Gasteiger partial charge in [-0.15, -0.1) is 11.8 Å². The number of piperidine rings is 1. The van der Waals surface area contributed by atoms with E-state index in [1.54, 1.807) is 27.9 Å². The lowest BCUT2D eigenvalue weighted by Crippen LogP contribution is -2.52. The van der Waals surface area contributed by atoms with E-state index in [2.05, 4.69) is 22.0 Å². The minimum Gasteiger partial charge on any atom is -0.315 e. The van der Waals surface area contributed by atoms with Crippen molar-refractivity contribution in [2.45, 2.75) is 31.5 Å². The van der Waals surface area contributed by atoms with Gasteiger partial charge in [0, 0.05) is 43.8 Å². The number of thioether (sulfide) groups is 1. The molecule has 2 saturated heterocycles. The van der Waals surface area contributed by atoms with Crippen molar-refractivity contribution < 1.29 is 4.79 Å². The van der Waals surface area contributed by atoms with Crippen LogP contribution >= 0.6 is 11.8 Å². The first-order valence-corrected chi connectivity index (χ1v) is 9.72. The summed E-state index contributed by atoms with van der Waals surface area (Å²) in [7, 11) is 0. The minimum absolute atomic E-state index is 0.0446. The summed E-state index contributed by atoms with van der Waals surface area (Å²) >= 11 is 1.62. The van der Waals surface area contributed by atoms with Gasteiger partial charge in [0.2, 0.25) is 5.91 Å². The summed E-state index contributed by atoms with van der Waals surface area (Å²) in [5.74, 6) is 7.41. The lowest BCUT2D eigenvalue weighted by Gasteiger charge is -2.36. The summed E-state index contributed by atoms with van der Waals surface area (Å²) in [4.78, 5) is 20.6. The Balaban J connectivity index is 1.44. The Morgan fingerprint density at radius 3 is 2.96 bits per heavy atom. The number of likely N-dealkylation sites (tertiary alicyclic amines) is 1. The predicted octanol–water partition coefficient (Wildman–Crippen LogP) is 0.647. The zero-order chi connectivity index (χ0) is 17.6. The van der Waals surface area contributed by atoms with E-state index in [-0.39, 0.29) is 24.5 Å². The molecule has 2 aliphatic heterocycles. The van der Waals surface area contributed by atoms with Gasteiger partial charge in [-0.25, -0.2) is 5.01 Å². The summed E-state index contributed by atoms with van der Waals surface area (Å²) in [5.41, 5.74) is 1.22. The second-order valence-electron chi connectivity index (χ2n) is 6.55. The second kappa shape index (κ2) is 8.63. The van der Waals surface area contributed by atoms with Gasteiger partial charge in [-0.3, -0.25) is 20.5 Å². The molecule has 1 atom stereocenters. The number of amides is 1. The number of carbonyl (C=O) groups is 1. The van der Waals surface area contributed by atoms with Gasteiger partial charge >= 0.3 is 0 Å². The van der Waals surface area contributed by atoms with Crippen LogP contribution in [0, 0.1) is 11.3 Å². The molecule has 3 rings (SSSR count). The second-order valence-corrected chi connectivity index (χ2v) is 7.55. The van der Waals surface area contributed by atoms with Crippen molar-refractivity contribution in [3.05, 3.63) is 30.1 Å². The van der Waals surface area contributed by atoms with Gasteiger partial charge in [-0.2, -0.15) is 5.26 Å². The monoisotopic (exact) mass is 360 g/mol. The average molecular weight is 360 g/mol. The first kappa shape index (κ1) is 18.1. The van der Waals surface area contributed by atoms with Crippen LogP contribution in [-0.4, -0.2) is 69.0 Å². The number of nitriles is 1. The largest absolute Gasteiger partial charge is 0.315 e. The Morgan fingerprint density at radius 1 is 1.48 bits per heavy atom. The van der Waals surface area contributed by atoms with E-state index in [0.29, 0.717) is 11.6 Å². The highest BCUT2D eigenvalue weighted by Crippen LogP contribution is 2.21. The summed E-state index contributed by atoms with van der Waals surface area (Å²) in [6.45, 7) is 3.01. The molecule has 0 unspecified atom stereocenters. The van der Waals surface area contributed by atoms with Gasteiger partial charge < -0.3 is 4.90 Å². The van der Waals surface area contributed by atoms with Crippen LogP contribution in [0.3, 0.4) is 0 Å². The Labute approximate surface area is 152 Å². The Kier molecular flexibility index (Phi) is 6.26. The molecule has 7 nitrogen and oxygen atoms in total. The van der Waals surface area contributed by atoms with Crippen molar-refractivity contribution in [3.63, 3.8) is 0 Å². The minimum atomic E-state index is -0.313. The first-order chi connectivity index (χ1) is 12.2. The molecule has 0 saturated carbocycles. The molecule has 0 spiro atoms. The molecule has 0 radical (unpaired) electrons. The molecule has 2 aliphatic rings. The number of hydrogen-bond acceptors (Lipinski definition) is 7. The summed E-state index contributed by atoms with van der Waals surface area (Å²) < 4.78 is 0. The number of nitrogens with two attached hydrogens (primary N) is 1. The van der Waals surface area contributed by atoms with Crippen molar-refractivity contribution in [1.82, 2.24) is 19.8 Å². The molecule has 1 amide bonds. The molecule has 0 aliphatic carbocycles. The fourth-order valence-corrected chi connectivity index (χ4v) is 4.43. The van der Waals surface area contributed by atoms with Crippen molar-refractivity contribution in [2.75, 3.05) is 31.3 Å². The fourth-order valence-electron chi connectivity index (χ4n) is 3.33. The molecular formula is C17H24N6OS. The smallest absolute Gasteiger partial charge is 0.239 e. The van der Waals surface area contributed by atoms with E-state index in [9.17, 15) is 4.79 Å². The Hall–Kier alpha value is -1.66. The van der Waals surface area contributed by atoms with Crippen molar-refractivity contribution >= 4 is 17.7 Å². The predicted molar refractivity (Wildman–Crippen MR) is 97.0 cm³/mol. The van der Waals surface area contributed by atoms with Crippen LogP contribution < -0.4 is 5.84 Å². The molecule has 2 N–H and O–H groups in total. The van der Waals surface area contributed by atoms with Crippen LogP contribution in [0.25, 0.3) is 0 Å². The SMILES string of the molecule is N#C[C@@H]1CSCN1C(=O)CN(N)C1CCN(Cc2cccnc2)CC1. The lowest BCUT2D eigenvalue weighted by molar-refractivity contribution is -0.132. The highest BCUT2D eigenvalue weighted by molar-refractivity contribution is 7.99. The molecular weight excluding hydrogens is 336 g/mol. The van der Waals surface area contributed by atoms with Crippen LogP contribution in [0.1, 0.15) is 18.4 Å². The zero-order valence-electron chi connectivity index (χ0n) is 14.3. The van der Waals surface area contributed by atoms with Crippen molar-refractivity contribution in [3.8, 4) is 6.07 Å². The number of rotatable bonds is 5. The van der Waals surface area contributed by atoms with Crippen LogP contribution in [0.4, 0.5) is 0 Å². The molecule has 1 aromatic rings. The van der Waals surface area contributed by atoms with Gasteiger partial charge in [0.05, 0.1) is 18.5 Å². The lowest BCUT2D eigenvalue weighted by atomic mass is 10.0. The van der Waals surface area contributed by atoms with E-state index < -0.39 is 0 Å². The Bertz CT molecular complexity index is 613. The van der Waals surface area contributed by atoms with E-state index in [1.807, 2.05) is 12.3 Å². The van der Waals surface area contributed by atoms with Gasteiger partial charge in [0.25, 0.3) is 0 Å². The Morgan fingerprint density at radius 2 is 2.28 bits per heavy atom. The van der Waals surface area contributed by atoms with Gasteiger partial charge in [0.15, 0.2) is 0 Å². The van der Waals surface area contributed by atoms with Crippen LogP contribution in [0.15, 0.2) is 24.5 Å².